The van der Waals surface area contributed by atoms with Gasteiger partial charge in [-0.15, -0.1) is 0 Å². The van der Waals surface area contributed by atoms with Crippen LogP contribution in [0.1, 0.15) is 50.7 Å². The van der Waals surface area contributed by atoms with Crippen LogP contribution < -0.4 is 4.74 Å². The number of rotatable bonds is 14. The molecule has 40 heavy (non-hydrogen) atoms. The van der Waals surface area contributed by atoms with E-state index >= 15 is 0 Å². The van der Waals surface area contributed by atoms with Crippen molar-refractivity contribution in [1.29, 1.82) is 0 Å². The SMILES string of the molecule is CCCOCCc1ccc(OCCCOC(=O)C2=C(C)N=C(C)C(C(=O)OC)[C@H]2c2cccc([N+](=O)[O-])c2)cc1. The summed E-state index contributed by atoms with van der Waals surface area (Å²) in [5.41, 5.74) is 2.44. The van der Waals surface area contributed by atoms with E-state index < -0.39 is 28.7 Å². The third-order valence-electron chi connectivity index (χ3n) is 6.54. The highest BCUT2D eigenvalue weighted by atomic mass is 16.6. The largest absolute Gasteiger partial charge is 0.493 e. The summed E-state index contributed by atoms with van der Waals surface area (Å²) >= 11 is 0. The van der Waals surface area contributed by atoms with Gasteiger partial charge in [-0.05, 0) is 49.9 Å². The monoisotopic (exact) mass is 552 g/mol. The number of non-ortho nitro benzene ring substituents is 1. The maximum absolute atomic E-state index is 13.3. The first-order chi connectivity index (χ1) is 19.3. The molecule has 0 saturated carbocycles. The summed E-state index contributed by atoms with van der Waals surface area (Å²) in [5.74, 6) is -2.30. The Morgan fingerprint density at radius 1 is 1.02 bits per heavy atom. The van der Waals surface area contributed by atoms with Crippen LogP contribution in [0.4, 0.5) is 5.69 Å². The lowest BCUT2D eigenvalue weighted by atomic mass is 9.75. The van der Waals surface area contributed by atoms with Gasteiger partial charge in [0.2, 0.25) is 0 Å². The molecule has 0 amide bonds. The molecule has 0 fully saturated rings. The zero-order chi connectivity index (χ0) is 29.1. The van der Waals surface area contributed by atoms with E-state index in [1.807, 2.05) is 24.3 Å². The lowest BCUT2D eigenvalue weighted by Gasteiger charge is -2.31. The number of nitrogens with zero attached hydrogens (tertiary/aromatic N) is 2. The van der Waals surface area contributed by atoms with Gasteiger partial charge in [0.25, 0.3) is 5.69 Å². The Morgan fingerprint density at radius 3 is 2.45 bits per heavy atom. The molecule has 0 N–H and O–H groups in total. The molecule has 0 spiro atoms. The average Bonchev–Trinajstić information content (AvgIpc) is 2.95. The highest BCUT2D eigenvalue weighted by Crippen LogP contribution is 2.40. The number of aliphatic imine (C=N–C) groups is 1. The van der Waals surface area contributed by atoms with Gasteiger partial charge in [-0.25, -0.2) is 4.79 Å². The first-order valence-corrected chi connectivity index (χ1v) is 13.3. The van der Waals surface area contributed by atoms with Gasteiger partial charge in [0.05, 0.1) is 37.4 Å². The molecule has 1 aliphatic heterocycles. The van der Waals surface area contributed by atoms with Gasteiger partial charge in [-0.3, -0.25) is 19.9 Å². The molecular formula is C30H36N2O8. The summed E-state index contributed by atoms with van der Waals surface area (Å²) in [6.07, 6.45) is 2.28. The number of ether oxygens (including phenoxy) is 4. The van der Waals surface area contributed by atoms with Crippen LogP contribution in [0.3, 0.4) is 0 Å². The standard InChI is InChI=1S/C30H36N2O8/c1-5-15-38-18-14-22-10-12-25(13-11-22)39-16-7-17-40-30(34)27-21(3)31-20(2)26(29(33)37-4)28(27)23-8-6-9-24(19-23)32(35)36/h6,8-13,19,26,28H,5,7,14-18H2,1-4H3/t26?,28-/m1/s1. The molecule has 3 rings (SSSR count). The fourth-order valence-electron chi connectivity index (χ4n) is 4.61. The molecule has 2 aromatic carbocycles. The van der Waals surface area contributed by atoms with Crippen molar-refractivity contribution in [3.05, 3.63) is 81.0 Å². The summed E-state index contributed by atoms with van der Waals surface area (Å²) in [6.45, 7) is 7.26. The van der Waals surface area contributed by atoms with Gasteiger partial charge in [0.1, 0.15) is 11.7 Å². The number of nitro benzene ring substituents is 1. The van der Waals surface area contributed by atoms with Crippen molar-refractivity contribution in [3.8, 4) is 5.75 Å². The molecule has 10 nitrogen and oxygen atoms in total. The molecule has 214 valence electrons. The van der Waals surface area contributed by atoms with Gasteiger partial charge >= 0.3 is 11.9 Å². The van der Waals surface area contributed by atoms with E-state index in [4.69, 9.17) is 18.9 Å². The van der Waals surface area contributed by atoms with E-state index in [2.05, 4.69) is 11.9 Å². The number of methoxy groups -OCH3 is 1. The Balaban J connectivity index is 1.64. The van der Waals surface area contributed by atoms with Crippen molar-refractivity contribution in [2.75, 3.05) is 33.5 Å². The van der Waals surface area contributed by atoms with E-state index in [-0.39, 0.29) is 17.9 Å². The lowest BCUT2D eigenvalue weighted by molar-refractivity contribution is -0.384. The van der Waals surface area contributed by atoms with Crippen LogP contribution >= 0.6 is 0 Å². The van der Waals surface area contributed by atoms with Crippen molar-refractivity contribution in [3.63, 3.8) is 0 Å². The Hall–Kier alpha value is -4.05. The fraction of sp³-hybridized carbons (Fsp3) is 0.433. The van der Waals surface area contributed by atoms with Gasteiger partial charge in [-0.2, -0.15) is 0 Å². The molecule has 1 aliphatic rings. The molecule has 0 aromatic heterocycles. The highest BCUT2D eigenvalue weighted by Gasteiger charge is 2.42. The van der Waals surface area contributed by atoms with Gasteiger partial charge in [-0.1, -0.05) is 31.2 Å². The molecule has 2 atom stereocenters. The quantitative estimate of drug-likeness (QED) is 0.135. The first kappa shape index (κ1) is 30.5. The van der Waals surface area contributed by atoms with Gasteiger partial charge < -0.3 is 18.9 Å². The number of nitro groups is 1. The molecule has 0 saturated heterocycles. The maximum atomic E-state index is 13.3. The second-order valence-electron chi connectivity index (χ2n) is 9.43. The third kappa shape index (κ3) is 7.98. The lowest BCUT2D eigenvalue weighted by Crippen LogP contribution is -2.36. The van der Waals surface area contributed by atoms with Crippen molar-refractivity contribution >= 4 is 23.3 Å². The summed E-state index contributed by atoms with van der Waals surface area (Å²) in [4.78, 5) is 41.3. The van der Waals surface area contributed by atoms with Crippen molar-refractivity contribution in [2.24, 2.45) is 10.9 Å². The molecule has 10 heteroatoms. The van der Waals surface area contributed by atoms with Crippen LogP contribution in [0.2, 0.25) is 0 Å². The van der Waals surface area contributed by atoms with Crippen molar-refractivity contribution in [2.45, 2.75) is 46.0 Å². The van der Waals surface area contributed by atoms with E-state index in [9.17, 15) is 19.7 Å². The van der Waals surface area contributed by atoms with Crippen molar-refractivity contribution in [1.82, 2.24) is 0 Å². The first-order valence-electron chi connectivity index (χ1n) is 13.3. The minimum Gasteiger partial charge on any atom is -0.493 e. The Morgan fingerprint density at radius 2 is 1.77 bits per heavy atom. The molecule has 0 aliphatic carbocycles. The van der Waals surface area contributed by atoms with E-state index in [0.717, 1.165) is 25.0 Å². The smallest absolute Gasteiger partial charge is 0.336 e. The second-order valence-corrected chi connectivity index (χ2v) is 9.43. The van der Waals surface area contributed by atoms with Gasteiger partial charge in [0, 0.05) is 42.5 Å². The average molecular weight is 553 g/mol. The summed E-state index contributed by atoms with van der Waals surface area (Å²) in [5, 5.41) is 11.4. The summed E-state index contributed by atoms with van der Waals surface area (Å²) in [6, 6.07) is 13.7. The van der Waals surface area contributed by atoms with Crippen LogP contribution in [0, 0.1) is 16.0 Å². The van der Waals surface area contributed by atoms with E-state index in [0.29, 0.717) is 42.4 Å². The number of esters is 2. The van der Waals surface area contributed by atoms with Crippen LogP contribution in [0.5, 0.6) is 5.75 Å². The number of carbonyl (C=O) groups excluding carboxylic acids is 2. The predicted molar refractivity (Wildman–Crippen MR) is 149 cm³/mol. The third-order valence-corrected chi connectivity index (χ3v) is 6.54. The van der Waals surface area contributed by atoms with Crippen LogP contribution in [-0.2, 0) is 30.2 Å². The highest BCUT2D eigenvalue weighted by molar-refractivity contribution is 6.07. The number of benzene rings is 2. The van der Waals surface area contributed by atoms with Crippen molar-refractivity contribution < 1.29 is 33.5 Å². The fourth-order valence-corrected chi connectivity index (χ4v) is 4.61. The van der Waals surface area contributed by atoms with E-state index in [1.54, 1.807) is 19.9 Å². The number of hydrogen-bond acceptors (Lipinski definition) is 9. The number of allylic oxidation sites excluding steroid dienone is 1. The van der Waals surface area contributed by atoms with E-state index in [1.165, 1.54) is 25.3 Å². The minimum absolute atomic E-state index is 0.0791. The number of carbonyl (C=O) groups is 2. The Kier molecular flexibility index (Phi) is 11.4. The predicted octanol–water partition coefficient (Wildman–Crippen LogP) is 5.20. The summed E-state index contributed by atoms with van der Waals surface area (Å²) < 4.78 is 21.8. The molecular weight excluding hydrogens is 516 g/mol. The Labute approximate surface area is 234 Å². The topological polar surface area (TPSA) is 127 Å². The summed E-state index contributed by atoms with van der Waals surface area (Å²) in [7, 11) is 1.25. The van der Waals surface area contributed by atoms with Gasteiger partial charge in [0.15, 0.2) is 0 Å². The zero-order valence-electron chi connectivity index (χ0n) is 23.4. The second kappa shape index (κ2) is 14.9. The molecule has 2 aromatic rings. The molecule has 0 bridgehead atoms. The van der Waals surface area contributed by atoms with Crippen LogP contribution in [0.25, 0.3) is 0 Å². The normalized spacial score (nSPS) is 16.8. The number of hydrogen-bond donors (Lipinski definition) is 0. The van der Waals surface area contributed by atoms with Crippen LogP contribution in [-0.4, -0.2) is 56.1 Å². The molecule has 1 unspecified atom stereocenters. The maximum Gasteiger partial charge on any atom is 0.336 e. The molecule has 1 heterocycles. The zero-order valence-corrected chi connectivity index (χ0v) is 23.4. The van der Waals surface area contributed by atoms with Crippen LogP contribution in [0.15, 0.2) is 64.8 Å². The Bertz CT molecular complexity index is 1250. The minimum atomic E-state index is -0.928. The molecule has 0 radical (unpaired) electrons.